The van der Waals surface area contributed by atoms with Gasteiger partial charge in [0, 0.05) is 17.1 Å². The van der Waals surface area contributed by atoms with Crippen molar-refractivity contribution in [2.75, 3.05) is 38.1 Å². The lowest BCUT2D eigenvalue weighted by Gasteiger charge is -2.50. The Bertz CT molecular complexity index is 510. The summed E-state index contributed by atoms with van der Waals surface area (Å²) in [6, 6.07) is 7.52. The van der Waals surface area contributed by atoms with Crippen molar-refractivity contribution in [1.29, 1.82) is 0 Å². The van der Waals surface area contributed by atoms with Crippen molar-refractivity contribution in [2.24, 2.45) is 5.41 Å². The van der Waals surface area contributed by atoms with Gasteiger partial charge in [0.1, 0.15) is 5.75 Å². The Balaban J connectivity index is 2.34. The molecule has 0 aliphatic carbocycles. The average molecular weight is 324 g/mol. The highest BCUT2D eigenvalue weighted by Crippen LogP contribution is 2.56. The first-order valence-corrected chi connectivity index (χ1v) is 10.2. The third-order valence-electron chi connectivity index (χ3n) is 4.36. The fourth-order valence-corrected chi connectivity index (χ4v) is 7.38. The monoisotopic (exact) mass is 324 g/mol. The van der Waals surface area contributed by atoms with E-state index in [-0.39, 0.29) is 16.4 Å². The maximum absolute atomic E-state index is 13.2. The summed E-state index contributed by atoms with van der Waals surface area (Å²) in [5.74, 6) is 3.11. The van der Waals surface area contributed by atoms with Gasteiger partial charge in [0.05, 0.1) is 25.6 Å². The highest BCUT2D eigenvalue weighted by molar-refractivity contribution is 8.34. The number of ketones is 1. The standard InChI is InChI=1S/C18H28O3S/c1-18(2,3)17(22(5)12-10-21-11-13-22)16(19)14-6-8-15(20-4)9-7-14/h6-9,17H,10-13H2,1-5H3. The SMILES string of the molecule is COc1ccc(C(=O)C(C(C)(C)C)S2(C)CCOCC2)cc1. The molecule has 0 radical (unpaired) electrons. The van der Waals surface area contributed by atoms with Gasteiger partial charge in [0.15, 0.2) is 5.78 Å². The molecule has 1 heterocycles. The van der Waals surface area contributed by atoms with E-state index in [2.05, 4.69) is 27.0 Å². The Labute approximate surface area is 135 Å². The molecule has 1 unspecified atom stereocenters. The predicted octanol–water partition coefficient (Wildman–Crippen LogP) is 3.76. The fraction of sp³-hybridized carbons (Fsp3) is 0.611. The van der Waals surface area contributed by atoms with Crippen LogP contribution in [0, 0.1) is 5.41 Å². The zero-order chi connectivity index (χ0) is 16.4. The Hall–Kier alpha value is -1.00. The number of Topliss-reactive ketones (excluding diaryl/α,β-unsaturated/α-hetero) is 1. The Morgan fingerprint density at radius 1 is 1.18 bits per heavy atom. The van der Waals surface area contributed by atoms with E-state index in [9.17, 15) is 4.79 Å². The van der Waals surface area contributed by atoms with Crippen molar-refractivity contribution in [3.63, 3.8) is 0 Å². The number of carbonyl (C=O) groups excluding carboxylic acids is 1. The molecule has 0 spiro atoms. The molecule has 2 rings (SSSR count). The van der Waals surface area contributed by atoms with Crippen molar-refractivity contribution in [1.82, 2.24) is 0 Å². The molecule has 3 nitrogen and oxygen atoms in total. The number of hydrogen-bond donors (Lipinski definition) is 0. The van der Waals surface area contributed by atoms with E-state index in [4.69, 9.17) is 9.47 Å². The molecular formula is C18H28O3S. The average Bonchev–Trinajstić information content (AvgIpc) is 2.46. The summed E-state index contributed by atoms with van der Waals surface area (Å²) >= 11 is 0. The van der Waals surface area contributed by atoms with Crippen molar-refractivity contribution in [2.45, 2.75) is 26.0 Å². The van der Waals surface area contributed by atoms with Crippen molar-refractivity contribution < 1.29 is 14.3 Å². The number of ether oxygens (including phenoxy) is 2. The molecule has 1 atom stereocenters. The number of carbonyl (C=O) groups is 1. The van der Waals surface area contributed by atoms with Gasteiger partial charge in [-0.15, -0.1) is 0 Å². The van der Waals surface area contributed by atoms with E-state index in [0.717, 1.165) is 36.0 Å². The minimum atomic E-state index is -1.01. The molecular weight excluding hydrogens is 296 g/mol. The van der Waals surface area contributed by atoms with E-state index in [1.54, 1.807) is 7.11 Å². The van der Waals surface area contributed by atoms with Gasteiger partial charge in [-0.1, -0.05) is 20.8 Å². The molecule has 1 fully saturated rings. The van der Waals surface area contributed by atoms with Crippen LogP contribution in [0.25, 0.3) is 0 Å². The van der Waals surface area contributed by atoms with E-state index >= 15 is 0 Å². The normalized spacial score (nSPS) is 21.0. The minimum Gasteiger partial charge on any atom is -0.497 e. The summed E-state index contributed by atoms with van der Waals surface area (Å²) in [6.45, 7) is 8.13. The van der Waals surface area contributed by atoms with Crippen LogP contribution in [0.3, 0.4) is 0 Å². The van der Waals surface area contributed by atoms with Crippen LogP contribution < -0.4 is 4.74 Å². The van der Waals surface area contributed by atoms with Gasteiger partial charge in [0.25, 0.3) is 0 Å². The van der Waals surface area contributed by atoms with E-state index < -0.39 is 10.0 Å². The van der Waals surface area contributed by atoms with Crippen molar-refractivity contribution >= 4 is 15.8 Å². The zero-order valence-electron chi connectivity index (χ0n) is 14.3. The number of methoxy groups -OCH3 is 1. The molecule has 22 heavy (non-hydrogen) atoms. The van der Waals surface area contributed by atoms with E-state index in [1.807, 2.05) is 24.3 Å². The highest BCUT2D eigenvalue weighted by Gasteiger charge is 2.43. The summed E-state index contributed by atoms with van der Waals surface area (Å²) in [6.07, 6.45) is 2.33. The molecule has 0 aromatic heterocycles. The third-order valence-corrected chi connectivity index (χ3v) is 8.61. The van der Waals surface area contributed by atoms with Crippen LogP contribution in [0.1, 0.15) is 31.1 Å². The molecule has 1 aromatic carbocycles. The lowest BCUT2D eigenvalue weighted by Crippen LogP contribution is -2.43. The maximum Gasteiger partial charge on any atom is 0.174 e. The smallest absolute Gasteiger partial charge is 0.174 e. The summed E-state index contributed by atoms with van der Waals surface area (Å²) in [7, 11) is 0.633. The Kier molecular flexibility index (Phi) is 5.23. The molecule has 0 amide bonds. The van der Waals surface area contributed by atoms with Crippen LogP contribution in [-0.4, -0.2) is 49.1 Å². The molecule has 124 valence electrons. The van der Waals surface area contributed by atoms with Crippen molar-refractivity contribution in [3.8, 4) is 5.75 Å². The molecule has 1 saturated heterocycles. The Morgan fingerprint density at radius 2 is 1.73 bits per heavy atom. The van der Waals surface area contributed by atoms with Gasteiger partial charge in [-0.3, -0.25) is 4.79 Å². The Morgan fingerprint density at radius 3 is 2.18 bits per heavy atom. The van der Waals surface area contributed by atoms with Crippen LogP contribution in [0.5, 0.6) is 5.75 Å². The number of rotatable bonds is 4. The van der Waals surface area contributed by atoms with E-state index in [0.29, 0.717) is 0 Å². The fourth-order valence-electron chi connectivity index (χ4n) is 3.35. The second-order valence-electron chi connectivity index (χ2n) is 7.21. The van der Waals surface area contributed by atoms with Gasteiger partial charge in [-0.05, 0) is 35.9 Å². The molecule has 4 heteroatoms. The molecule has 0 bridgehead atoms. The quantitative estimate of drug-likeness (QED) is 0.791. The van der Waals surface area contributed by atoms with E-state index in [1.165, 1.54) is 0 Å². The highest BCUT2D eigenvalue weighted by atomic mass is 32.3. The van der Waals surface area contributed by atoms with Gasteiger partial charge in [-0.25, -0.2) is 10.0 Å². The second-order valence-corrected chi connectivity index (χ2v) is 11.2. The van der Waals surface area contributed by atoms with Gasteiger partial charge < -0.3 is 9.47 Å². The summed E-state index contributed by atoms with van der Waals surface area (Å²) in [5, 5.41) is 0.0669. The van der Waals surface area contributed by atoms with Gasteiger partial charge in [0.2, 0.25) is 0 Å². The predicted molar refractivity (Wildman–Crippen MR) is 94.6 cm³/mol. The second kappa shape index (κ2) is 6.63. The first-order valence-electron chi connectivity index (χ1n) is 7.76. The first kappa shape index (κ1) is 17.4. The van der Waals surface area contributed by atoms with Crippen LogP contribution >= 0.6 is 10.0 Å². The van der Waals surface area contributed by atoms with Crippen molar-refractivity contribution in [3.05, 3.63) is 29.8 Å². The molecule has 0 N–H and O–H groups in total. The first-order chi connectivity index (χ1) is 10.3. The maximum atomic E-state index is 13.2. The minimum absolute atomic E-state index is 0.0432. The van der Waals surface area contributed by atoms with Crippen LogP contribution in [0.15, 0.2) is 24.3 Å². The zero-order valence-corrected chi connectivity index (χ0v) is 15.2. The van der Waals surface area contributed by atoms with Gasteiger partial charge >= 0.3 is 0 Å². The lowest BCUT2D eigenvalue weighted by atomic mass is 9.87. The topological polar surface area (TPSA) is 35.5 Å². The molecule has 1 aliphatic heterocycles. The molecule has 1 aliphatic rings. The van der Waals surface area contributed by atoms with Gasteiger partial charge in [-0.2, -0.15) is 0 Å². The number of hydrogen-bond acceptors (Lipinski definition) is 3. The van der Waals surface area contributed by atoms with Crippen LogP contribution in [0.2, 0.25) is 0 Å². The summed E-state index contributed by atoms with van der Waals surface area (Å²) < 4.78 is 10.7. The summed E-state index contributed by atoms with van der Waals surface area (Å²) in [4.78, 5) is 13.2. The lowest BCUT2D eigenvalue weighted by molar-refractivity contribution is 0.0945. The number of benzene rings is 1. The molecule has 1 aromatic rings. The largest absolute Gasteiger partial charge is 0.497 e. The van der Waals surface area contributed by atoms with Crippen LogP contribution in [0.4, 0.5) is 0 Å². The summed E-state index contributed by atoms with van der Waals surface area (Å²) in [5.41, 5.74) is 0.749. The third kappa shape index (κ3) is 3.66. The molecule has 0 saturated carbocycles. The van der Waals surface area contributed by atoms with Crippen LogP contribution in [-0.2, 0) is 4.74 Å².